The van der Waals surface area contributed by atoms with E-state index in [-0.39, 0.29) is 0 Å². The van der Waals surface area contributed by atoms with Gasteiger partial charge in [-0.05, 0) is 37.1 Å². The lowest BCUT2D eigenvalue weighted by atomic mass is 10.1. The molecule has 80 valence electrons. The summed E-state index contributed by atoms with van der Waals surface area (Å²) in [6, 6.07) is 6.28. The summed E-state index contributed by atoms with van der Waals surface area (Å²) in [6.07, 6.45) is 2.53. The van der Waals surface area contributed by atoms with Gasteiger partial charge in [0.05, 0.1) is 0 Å². The fourth-order valence-corrected chi connectivity index (χ4v) is 2.50. The van der Waals surface area contributed by atoms with E-state index in [4.69, 9.17) is 11.6 Å². The number of aldehydes is 1. The molecule has 15 heavy (non-hydrogen) atoms. The lowest BCUT2D eigenvalue weighted by molar-refractivity contribution is -0.108. The van der Waals surface area contributed by atoms with Crippen LogP contribution in [0.15, 0.2) is 18.2 Å². The molecule has 2 rings (SSSR count). The summed E-state index contributed by atoms with van der Waals surface area (Å²) in [5.41, 5.74) is 2.49. The van der Waals surface area contributed by atoms with Crippen molar-refractivity contribution in [3.05, 3.63) is 28.8 Å². The highest BCUT2D eigenvalue weighted by molar-refractivity contribution is 6.30. The molecule has 0 saturated heterocycles. The molecule has 1 atom stereocenters. The minimum absolute atomic E-state index is 0.320. The van der Waals surface area contributed by atoms with Crippen molar-refractivity contribution in [2.75, 3.05) is 11.4 Å². The second kappa shape index (κ2) is 4.23. The van der Waals surface area contributed by atoms with E-state index in [1.54, 1.807) is 0 Å². The van der Waals surface area contributed by atoms with Crippen molar-refractivity contribution in [2.24, 2.45) is 0 Å². The number of hydrogen-bond donors (Lipinski definition) is 0. The Kier molecular flexibility index (Phi) is 2.96. The highest BCUT2D eigenvalue weighted by atomic mass is 35.5. The van der Waals surface area contributed by atoms with Crippen LogP contribution in [0, 0.1) is 0 Å². The van der Waals surface area contributed by atoms with Crippen LogP contribution in [0.4, 0.5) is 5.69 Å². The van der Waals surface area contributed by atoms with E-state index in [9.17, 15) is 4.79 Å². The van der Waals surface area contributed by atoms with E-state index in [1.807, 2.05) is 18.2 Å². The summed E-state index contributed by atoms with van der Waals surface area (Å²) in [5, 5.41) is 0.775. The summed E-state index contributed by atoms with van der Waals surface area (Å²) in [6.45, 7) is 3.05. The maximum atomic E-state index is 10.6. The molecule has 0 aromatic heterocycles. The lowest BCUT2D eigenvalue weighted by Crippen LogP contribution is -2.31. The highest BCUT2D eigenvalue weighted by Gasteiger charge is 2.27. The van der Waals surface area contributed by atoms with Gasteiger partial charge in [0.15, 0.2) is 0 Å². The molecule has 1 heterocycles. The molecule has 0 amide bonds. The Labute approximate surface area is 94.8 Å². The predicted molar refractivity (Wildman–Crippen MR) is 62.6 cm³/mol. The Hall–Kier alpha value is -1.02. The number of hydrogen-bond acceptors (Lipinski definition) is 2. The Balaban J connectivity index is 2.32. The Bertz CT molecular complexity index is 378. The van der Waals surface area contributed by atoms with Gasteiger partial charge >= 0.3 is 0 Å². The minimum Gasteiger partial charge on any atom is -0.368 e. The number of likely N-dealkylation sites (N-methyl/N-ethyl adjacent to an activating group) is 1. The molecule has 0 aliphatic carbocycles. The maximum Gasteiger partial charge on any atom is 0.122 e. The largest absolute Gasteiger partial charge is 0.368 e. The van der Waals surface area contributed by atoms with Crippen molar-refractivity contribution in [1.29, 1.82) is 0 Å². The third kappa shape index (κ3) is 1.86. The number of halogens is 1. The van der Waals surface area contributed by atoms with Crippen LogP contribution < -0.4 is 4.90 Å². The molecule has 0 radical (unpaired) electrons. The number of benzene rings is 1. The van der Waals surface area contributed by atoms with Gasteiger partial charge in [-0.15, -0.1) is 0 Å². The van der Waals surface area contributed by atoms with Crippen LogP contribution in [-0.2, 0) is 11.2 Å². The molecule has 1 aromatic rings. The first-order valence-electron chi connectivity index (χ1n) is 5.25. The van der Waals surface area contributed by atoms with Gasteiger partial charge < -0.3 is 9.69 Å². The molecule has 0 bridgehead atoms. The van der Waals surface area contributed by atoms with Crippen LogP contribution in [0.5, 0.6) is 0 Å². The van der Waals surface area contributed by atoms with Gasteiger partial charge in [0.25, 0.3) is 0 Å². The molecular weight excluding hydrogens is 210 g/mol. The van der Waals surface area contributed by atoms with Gasteiger partial charge in [-0.25, -0.2) is 0 Å². The summed E-state index contributed by atoms with van der Waals surface area (Å²) in [4.78, 5) is 12.9. The number of rotatable bonds is 3. The van der Waals surface area contributed by atoms with Crippen LogP contribution in [0.25, 0.3) is 0 Å². The smallest absolute Gasteiger partial charge is 0.122 e. The number of nitrogens with zero attached hydrogens (tertiary/aromatic N) is 1. The summed E-state index contributed by atoms with van der Waals surface area (Å²) >= 11 is 5.95. The Morgan fingerprint density at radius 3 is 3.07 bits per heavy atom. The minimum atomic E-state index is 0.320. The second-order valence-electron chi connectivity index (χ2n) is 3.82. The van der Waals surface area contributed by atoms with Crippen LogP contribution in [-0.4, -0.2) is 18.9 Å². The van der Waals surface area contributed by atoms with Crippen molar-refractivity contribution in [1.82, 2.24) is 0 Å². The fraction of sp³-hybridized carbons (Fsp3) is 0.417. The van der Waals surface area contributed by atoms with Crippen molar-refractivity contribution in [3.8, 4) is 0 Å². The van der Waals surface area contributed by atoms with Gasteiger partial charge in [0.2, 0.25) is 0 Å². The number of carbonyl (C=O) groups excluding carboxylic acids is 1. The normalized spacial score (nSPS) is 19.1. The highest BCUT2D eigenvalue weighted by Crippen LogP contribution is 2.34. The molecule has 1 aromatic carbocycles. The van der Waals surface area contributed by atoms with Gasteiger partial charge in [0, 0.05) is 29.7 Å². The molecule has 1 aliphatic rings. The maximum absolute atomic E-state index is 10.6. The average Bonchev–Trinajstić information content (AvgIpc) is 2.54. The van der Waals surface area contributed by atoms with Gasteiger partial charge in [0.1, 0.15) is 6.29 Å². The second-order valence-corrected chi connectivity index (χ2v) is 4.26. The van der Waals surface area contributed by atoms with Crippen LogP contribution in [0.3, 0.4) is 0 Å². The third-order valence-electron chi connectivity index (χ3n) is 2.96. The number of anilines is 1. The topological polar surface area (TPSA) is 20.3 Å². The zero-order chi connectivity index (χ0) is 10.8. The first-order chi connectivity index (χ1) is 7.26. The van der Waals surface area contributed by atoms with Gasteiger partial charge in [-0.3, -0.25) is 0 Å². The SMILES string of the molecule is CCN1c2ccc(Cl)cc2CC1CC=O. The lowest BCUT2D eigenvalue weighted by Gasteiger charge is -2.24. The standard InChI is InChI=1S/C12H14ClNO/c1-2-14-11(5-6-15)8-9-7-10(13)3-4-12(9)14/h3-4,6-7,11H,2,5,8H2,1H3. The molecule has 2 nitrogen and oxygen atoms in total. The predicted octanol–water partition coefficient (Wildman–Crippen LogP) is 2.68. The van der Waals surface area contributed by atoms with E-state index >= 15 is 0 Å². The van der Waals surface area contributed by atoms with Crippen LogP contribution in [0.2, 0.25) is 5.02 Å². The summed E-state index contributed by atoms with van der Waals surface area (Å²) < 4.78 is 0. The molecule has 3 heteroatoms. The molecule has 0 saturated carbocycles. The Morgan fingerprint density at radius 1 is 1.60 bits per heavy atom. The van der Waals surface area contributed by atoms with E-state index < -0.39 is 0 Å². The first-order valence-corrected chi connectivity index (χ1v) is 5.62. The van der Waals surface area contributed by atoms with Gasteiger partial charge in [-0.2, -0.15) is 0 Å². The number of fused-ring (bicyclic) bond motifs is 1. The zero-order valence-electron chi connectivity index (χ0n) is 8.74. The fourth-order valence-electron chi connectivity index (χ4n) is 2.31. The first kappa shape index (κ1) is 10.5. The summed E-state index contributed by atoms with van der Waals surface area (Å²) in [7, 11) is 0. The van der Waals surface area contributed by atoms with Crippen molar-refractivity contribution in [3.63, 3.8) is 0 Å². The van der Waals surface area contributed by atoms with Crippen LogP contribution >= 0.6 is 11.6 Å². The Morgan fingerprint density at radius 2 is 2.40 bits per heavy atom. The quantitative estimate of drug-likeness (QED) is 0.735. The van der Waals surface area contributed by atoms with E-state index in [0.717, 1.165) is 24.3 Å². The molecule has 0 N–H and O–H groups in total. The van der Waals surface area contributed by atoms with E-state index in [2.05, 4.69) is 11.8 Å². The van der Waals surface area contributed by atoms with E-state index in [0.29, 0.717) is 12.5 Å². The molecular formula is C12H14ClNO. The van der Waals surface area contributed by atoms with Crippen molar-refractivity contribution in [2.45, 2.75) is 25.8 Å². The van der Waals surface area contributed by atoms with Gasteiger partial charge in [-0.1, -0.05) is 11.6 Å². The third-order valence-corrected chi connectivity index (χ3v) is 3.19. The molecule has 1 aliphatic heterocycles. The van der Waals surface area contributed by atoms with Crippen molar-refractivity contribution < 1.29 is 4.79 Å². The zero-order valence-corrected chi connectivity index (χ0v) is 9.50. The summed E-state index contributed by atoms with van der Waals surface area (Å²) in [5.74, 6) is 0. The molecule has 1 unspecified atom stereocenters. The molecule has 0 fully saturated rings. The monoisotopic (exact) mass is 223 g/mol. The average molecular weight is 224 g/mol. The van der Waals surface area contributed by atoms with Crippen molar-refractivity contribution >= 4 is 23.6 Å². The number of carbonyl (C=O) groups is 1. The van der Waals surface area contributed by atoms with E-state index in [1.165, 1.54) is 11.3 Å². The van der Waals surface area contributed by atoms with Crippen LogP contribution in [0.1, 0.15) is 18.9 Å². The molecule has 0 spiro atoms.